The third-order valence-corrected chi connectivity index (χ3v) is 12.1. The van der Waals surface area contributed by atoms with Crippen LogP contribution in [0.25, 0.3) is 5.70 Å². The number of hydrogen-bond acceptors (Lipinski definition) is 7. The molecule has 0 bridgehead atoms. The molecule has 2 saturated heterocycles. The van der Waals surface area contributed by atoms with Crippen LogP contribution in [-0.2, 0) is 20.4 Å². The number of hydrogen-bond donors (Lipinski definition) is 0. The molecule has 0 radical (unpaired) electrons. The van der Waals surface area contributed by atoms with Gasteiger partial charge in [0.25, 0.3) is 10.0 Å². The average molecular weight is 610 g/mol. The van der Waals surface area contributed by atoms with Gasteiger partial charge in [0.15, 0.2) is 11.5 Å². The highest BCUT2D eigenvalue weighted by Crippen LogP contribution is 2.81. The predicted molar refractivity (Wildman–Crippen MR) is 152 cm³/mol. The highest BCUT2D eigenvalue weighted by Gasteiger charge is 2.83. The molecule has 12 heteroatoms. The molecular weight excluding hydrogens is 584 g/mol. The standard InChI is InChI=1S/C30H26ClF2N5O3S/c31-22-2-1-3-23-24(22)26(37-11-10-36(15-28(37)8-9-28)27-34-13-19(32)14-35-27)25-21-12-30(21,25)38(23)42(39,40)20-6-4-18(5-7-20)29(33)16-41-17-29/h1-7,13-14,21H,8-12,15-17H2. The number of alkyl halides is 1. The van der Waals surface area contributed by atoms with Gasteiger partial charge in [-0.1, -0.05) is 29.8 Å². The third kappa shape index (κ3) is 3.21. The SMILES string of the molecule is O=S(=O)(c1ccc(C2(F)COC2)cc1)N1c2cccc(Cl)c2C(N2CCN(c3ncc(F)cn3)CC23CC3)=C2C3CC231. The van der Waals surface area contributed by atoms with Gasteiger partial charge in [-0.3, -0.25) is 4.31 Å². The number of rotatable bonds is 5. The maximum Gasteiger partial charge on any atom is 0.265 e. The summed E-state index contributed by atoms with van der Waals surface area (Å²) in [5.41, 5.74) is 1.66. The van der Waals surface area contributed by atoms with E-state index in [4.69, 9.17) is 16.3 Å². The van der Waals surface area contributed by atoms with Crippen molar-refractivity contribution >= 4 is 39.0 Å². The van der Waals surface area contributed by atoms with E-state index in [9.17, 15) is 17.2 Å². The fourth-order valence-electron chi connectivity index (χ4n) is 7.38. The van der Waals surface area contributed by atoms with Crippen molar-refractivity contribution in [2.45, 2.75) is 40.9 Å². The van der Waals surface area contributed by atoms with E-state index < -0.39 is 27.0 Å². The third-order valence-electron chi connectivity index (χ3n) is 9.94. The first-order valence-corrected chi connectivity index (χ1v) is 16.0. The maximum atomic E-state index is 14.9. The Morgan fingerprint density at radius 2 is 1.76 bits per heavy atom. The summed E-state index contributed by atoms with van der Waals surface area (Å²) >= 11 is 6.91. The van der Waals surface area contributed by atoms with E-state index in [2.05, 4.69) is 19.8 Å². The second kappa shape index (κ2) is 8.00. The van der Waals surface area contributed by atoms with E-state index in [0.717, 1.165) is 36.1 Å². The molecule has 2 unspecified atom stereocenters. The maximum absolute atomic E-state index is 14.9. The van der Waals surface area contributed by atoms with Gasteiger partial charge in [0.2, 0.25) is 5.95 Å². The molecule has 5 fully saturated rings. The summed E-state index contributed by atoms with van der Waals surface area (Å²) in [6.07, 6.45) is 5.11. The summed E-state index contributed by atoms with van der Waals surface area (Å²) < 4.78 is 63.6. The first kappa shape index (κ1) is 25.2. The second-order valence-corrected chi connectivity index (χ2v) is 14.5. The summed E-state index contributed by atoms with van der Waals surface area (Å²) in [4.78, 5) is 13.1. The molecule has 8 nitrogen and oxygen atoms in total. The van der Waals surface area contributed by atoms with E-state index in [1.807, 2.05) is 12.1 Å². The first-order chi connectivity index (χ1) is 20.2. The van der Waals surface area contributed by atoms with Crippen LogP contribution in [0.3, 0.4) is 0 Å². The zero-order valence-corrected chi connectivity index (χ0v) is 24.0. The van der Waals surface area contributed by atoms with Crippen molar-refractivity contribution in [1.29, 1.82) is 0 Å². The van der Waals surface area contributed by atoms with Crippen LogP contribution in [0.4, 0.5) is 20.4 Å². The van der Waals surface area contributed by atoms with Gasteiger partial charge < -0.3 is 14.5 Å². The topological polar surface area (TPSA) is 78.9 Å². The van der Waals surface area contributed by atoms with Crippen LogP contribution < -0.4 is 9.21 Å². The molecule has 0 amide bonds. The summed E-state index contributed by atoms with van der Waals surface area (Å²) in [5.74, 6) is 0.187. The van der Waals surface area contributed by atoms with E-state index >= 15 is 0 Å². The van der Waals surface area contributed by atoms with Gasteiger partial charge in [-0.05, 0) is 54.7 Å². The minimum Gasteiger partial charge on any atom is -0.374 e. The number of fused-ring (bicyclic) bond motifs is 2. The van der Waals surface area contributed by atoms with Crippen molar-refractivity contribution in [3.8, 4) is 0 Å². The van der Waals surface area contributed by atoms with Crippen LogP contribution in [0.5, 0.6) is 0 Å². The predicted octanol–water partition coefficient (Wildman–Crippen LogP) is 4.51. The molecular formula is C30H26ClF2N5O3S. The van der Waals surface area contributed by atoms with E-state index in [1.54, 1.807) is 22.5 Å². The van der Waals surface area contributed by atoms with E-state index in [0.29, 0.717) is 41.9 Å². The van der Waals surface area contributed by atoms with Crippen LogP contribution in [-0.4, -0.2) is 67.2 Å². The van der Waals surface area contributed by atoms with Gasteiger partial charge in [0.1, 0.15) is 0 Å². The Morgan fingerprint density at radius 3 is 2.40 bits per heavy atom. The first-order valence-electron chi connectivity index (χ1n) is 14.1. The second-order valence-electron chi connectivity index (χ2n) is 12.3. The summed E-state index contributed by atoms with van der Waals surface area (Å²) in [7, 11) is -3.97. The van der Waals surface area contributed by atoms with Crippen molar-refractivity contribution in [3.05, 3.63) is 82.4 Å². The molecule has 6 aliphatic rings. The van der Waals surface area contributed by atoms with Crippen LogP contribution in [0.15, 0.2) is 65.3 Å². The summed E-state index contributed by atoms with van der Waals surface area (Å²) in [6, 6.07) is 11.6. The molecule has 42 heavy (non-hydrogen) atoms. The largest absolute Gasteiger partial charge is 0.374 e. The fraction of sp³-hybridized carbons (Fsp3) is 0.400. The molecule has 3 aliphatic carbocycles. The van der Waals surface area contributed by atoms with Gasteiger partial charge in [0, 0.05) is 31.1 Å². The molecule has 0 N–H and O–H groups in total. The van der Waals surface area contributed by atoms with Gasteiger partial charge in [-0.2, -0.15) is 0 Å². The number of sulfonamides is 1. The quantitative estimate of drug-likeness (QED) is 0.421. The lowest BCUT2D eigenvalue weighted by molar-refractivity contribution is -0.135. The van der Waals surface area contributed by atoms with Crippen molar-refractivity contribution in [1.82, 2.24) is 14.9 Å². The summed E-state index contributed by atoms with van der Waals surface area (Å²) in [5, 5.41) is 0.510. The Hall–Kier alpha value is -3.28. The number of benzene rings is 2. The number of ether oxygens (including phenoxy) is 1. The minimum atomic E-state index is -3.97. The van der Waals surface area contributed by atoms with E-state index in [-0.39, 0.29) is 29.6 Å². The monoisotopic (exact) mass is 609 g/mol. The van der Waals surface area contributed by atoms with Crippen molar-refractivity contribution < 1.29 is 21.9 Å². The molecule has 3 saturated carbocycles. The molecule has 216 valence electrons. The zero-order valence-electron chi connectivity index (χ0n) is 22.4. The zero-order chi connectivity index (χ0) is 28.6. The van der Waals surface area contributed by atoms with Gasteiger partial charge in [-0.15, -0.1) is 0 Å². The molecule has 2 atom stereocenters. The molecule has 4 heterocycles. The van der Waals surface area contributed by atoms with Crippen LogP contribution in [0, 0.1) is 11.7 Å². The molecule has 2 aromatic carbocycles. The van der Waals surface area contributed by atoms with Crippen LogP contribution >= 0.6 is 11.6 Å². The molecule has 3 aromatic rings. The number of aromatic nitrogens is 2. The van der Waals surface area contributed by atoms with Gasteiger partial charge in [-0.25, -0.2) is 27.2 Å². The Balaban J connectivity index is 1.10. The lowest BCUT2D eigenvalue weighted by Gasteiger charge is -2.47. The molecule has 3 aliphatic heterocycles. The Kier molecular flexibility index (Phi) is 4.81. The van der Waals surface area contributed by atoms with E-state index in [1.165, 1.54) is 24.5 Å². The van der Waals surface area contributed by atoms with Crippen molar-refractivity contribution in [2.75, 3.05) is 42.1 Å². The lowest BCUT2D eigenvalue weighted by Crippen LogP contribution is -2.55. The van der Waals surface area contributed by atoms with Crippen molar-refractivity contribution in [3.63, 3.8) is 0 Å². The number of piperazine rings is 1. The Bertz CT molecular complexity index is 1810. The lowest BCUT2D eigenvalue weighted by atomic mass is 9.94. The Morgan fingerprint density at radius 1 is 1.02 bits per heavy atom. The van der Waals surface area contributed by atoms with Crippen LogP contribution in [0.2, 0.25) is 5.02 Å². The van der Waals surface area contributed by atoms with Gasteiger partial charge in [0.05, 0.1) is 58.0 Å². The molecule has 2 spiro atoms. The average Bonchev–Trinajstić information content (AvgIpc) is 3.90. The highest BCUT2D eigenvalue weighted by atomic mass is 35.5. The van der Waals surface area contributed by atoms with Crippen LogP contribution in [0.1, 0.15) is 30.4 Å². The van der Waals surface area contributed by atoms with Gasteiger partial charge >= 0.3 is 0 Å². The Labute approximate surface area is 246 Å². The fourth-order valence-corrected chi connectivity index (χ4v) is 9.47. The minimum absolute atomic E-state index is 0.0223. The van der Waals surface area contributed by atoms with Crippen molar-refractivity contribution in [2.24, 2.45) is 5.92 Å². The molecule has 9 rings (SSSR count). The normalized spacial score (nSPS) is 27.7. The summed E-state index contributed by atoms with van der Waals surface area (Å²) in [6.45, 7) is 1.99. The highest BCUT2D eigenvalue weighted by molar-refractivity contribution is 7.93. The smallest absolute Gasteiger partial charge is 0.265 e. The number of nitrogens with zero attached hydrogens (tertiary/aromatic N) is 5. The molecule has 1 aromatic heterocycles. The number of anilines is 2. The number of halogens is 3.